The van der Waals surface area contributed by atoms with Crippen LogP contribution in [-0.4, -0.2) is 16.2 Å². The van der Waals surface area contributed by atoms with Crippen molar-refractivity contribution < 1.29 is 32.6 Å². The number of hydrogen-bond donors (Lipinski definition) is 2. The summed E-state index contributed by atoms with van der Waals surface area (Å²) in [5.41, 5.74) is -2.83. The highest BCUT2D eigenvalue weighted by molar-refractivity contribution is 5.91. The van der Waals surface area contributed by atoms with E-state index in [1.165, 1.54) is 0 Å². The largest absolute Gasteiger partial charge is 0.506 e. The zero-order chi connectivity index (χ0) is 11.8. The molecular weight excluding hydrogens is 220 g/mol. The van der Waals surface area contributed by atoms with Gasteiger partial charge in [-0.05, 0) is 12.1 Å². The molecule has 0 aliphatic heterocycles. The van der Waals surface area contributed by atoms with Gasteiger partial charge >= 0.3 is 12.1 Å². The van der Waals surface area contributed by atoms with Crippen LogP contribution in [0.1, 0.15) is 15.9 Å². The number of aromatic carboxylic acids is 1. The molecule has 0 spiro atoms. The van der Waals surface area contributed by atoms with Gasteiger partial charge in [0.1, 0.15) is 22.7 Å². The van der Waals surface area contributed by atoms with Crippen molar-refractivity contribution >= 4 is 5.97 Å². The minimum Gasteiger partial charge on any atom is -0.506 e. The summed E-state index contributed by atoms with van der Waals surface area (Å²) in [5.74, 6) is -4.70. The Morgan fingerprint density at radius 3 is 2.20 bits per heavy atom. The number of carbonyl (C=O) groups is 1. The normalized spacial score (nSPS) is 11.5. The molecule has 15 heavy (non-hydrogen) atoms. The highest BCUT2D eigenvalue weighted by atomic mass is 19.4. The number of benzene rings is 1. The van der Waals surface area contributed by atoms with Gasteiger partial charge in [-0.15, -0.1) is 0 Å². The van der Waals surface area contributed by atoms with Crippen molar-refractivity contribution in [2.24, 2.45) is 0 Å². The standard InChI is InChI=1S/C8H4F4O3/c9-3-1-4(7(14)15)6(13)5(2-3)8(10,11)12/h1-2,13H,(H,14,15). The second-order valence-corrected chi connectivity index (χ2v) is 2.65. The van der Waals surface area contributed by atoms with Crippen LogP contribution in [0.5, 0.6) is 5.75 Å². The molecule has 0 amide bonds. The zero-order valence-electron chi connectivity index (χ0n) is 6.97. The SMILES string of the molecule is O=C(O)c1cc(F)cc(C(F)(F)F)c1O. The van der Waals surface area contributed by atoms with Crippen LogP contribution in [0.3, 0.4) is 0 Å². The second-order valence-electron chi connectivity index (χ2n) is 2.65. The number of rotatable bonds is 1. The van der Waals surface area contributed by atoms with E-state index in [-0.39, 0.29) is 6.07 Å². The first-order valence-electron chi connectivity index (χ1n) is 3.56. The van der Waals surface area contributed by atoms with E-state index in [2.05, 4.69) is 0 Å². The molecule has 0 fully saturated rings. The Balaban J connectivity index is 3.49. The van der Waals surface area contributed by atoms with Gasteiger partial charge in [-0.3, -0.25) is 0 Å². The summed E-state index contributed by atoms with van der Waals surface area (Å²) in [4.78, 5) is 10.4. The quantitative estimate of drug-likeness (QED) is 0.719. The van der Waals surface area contributed by atoms with Crippen LogP contribution in [0.25, 0.3) is 0 Å². The van der Waals surface area contributed by atoms with Crippen molar-refractivity contribution in [3.05, 3.63) is 29.1 Å². The zero-order valence-corrected chi connectivity index (χ0v) is 6.97. The van der Waals surface area contributed by atoms with Crippen LogP contribution in [0, 0.1) is 5.82 Å². The number of aromatic hydroxyl groups is 1. The highest BCUT2D eigenvalue weighted by Crippen LogP contribution is 2.38. The third kappa shape index (κ3) is 2.17. The third-order valence-electron chi connectivity index (χ3n) is 1.61. The topological polar surface area (TPSA) is 57.5 Å². The summed E-state index contributed by atoms with van der Waals surface area (Å²) in [6, 6.07) is 0.342. The van der Waals surface area contributed by atoms with E-state index < -0.39 is 34.8 Å². The summed E-state index contributed by atoms with van der Waals surface area (Å²) in [5, 5.41) is 17.3. The highest BCUT2D eigenvalue weighted by Gasteiger charge is 2.36. The molecule has 0 aliphatic carbocycles. The lowest BCUT2D eigenvalue weighted by molar-refractivity contribution is -0.139. The number of alkyl halides is 3. The van der Waals surface area contributed by atoms with E-state index in [0.717, 1.165) is 0 Å². The van der Waals surface area contributed by atoms with Crippen molar-refractivity contribution in [3.63, 3.8) is 0 Å². The maximum absolute atomic E-state index is 12.6. The van der Waals surface area contributed by atoms with E-state index in [1.54, 1.807) is 0 Å². The monoisotopic (exact) mass is 224 g/mol. The fraction of sp³-hybridized carbons (Fsp3) is 0.125. The Morgan fingerprint density at radius 1 is 1.27 bits per heavy atom. The molecule has 3 nitrogen and oxygen atoms in total. The van der Waals surface area contributed by atoms with Crippen molar-refractivity contribution in [1.29, 1.82) is 0 Å². The lowest BCUT2D eigenvalue weighted by atomic mass is 10.1. The molecule has 2 N–H and O–H groups in total. The molecule has 82 valence electrons. The van der Waals surface area contributed by atoms with Gasteiger partial charge < -0.3 is 10.2 Å². The molecule has 0 bridgehead atoms. The predicted octanol–water partition coefficient (Wildman–Crippen LogP) is 2.25. The molecule has 0 aliphatic rings. The maximum Gasteiger partial charge on any atom is 0.420 e. The Hall–Kier alpha value is -1.79. The number of carboxylic acid groups (broad SMARTS) is 1. The second kappa shape index (κ2) is 3.41. The van der Waals surface area contributed by atoms with Crippen LogP contribution in [0.2, 0.25) is 0 Å². The summed E-state index contributed by atoms with van der Waals surface area (Å²) >= 11 is 0. The fourth-order valence-electron chi connectivity index (χ4n) is 0.978. The minimum atomic E-state index is -5.00. The lowest BCUT2D eigenvalue weighted by Crippen LogP contribution is -2.09. The number of halogens is 4. The van der Waals surface area contributed by atoms with Gasteiger partial charge in [0.05, 0.1) is 0 Å². The molecule has 0 atom stereocenters. The summed E-state index contributed by atoms with van der Waals surface area (Å²) < 4.78 is 49.1. The fourth-order valence-corrected chi connectivity index (χ4v) is 0.978. The lowest BCUT2D eigenvalue weighted by Gasteiger charge is -2.10. The number of carboxylic acids is 1. The van der Waals surface area contributed by atoms with Gasteiger partial charge in [-0.25, -0.2) is 9.18 Å². The minimum absolute atomic E-state index is 0.0295. The Kier molecular flexibility index (Phi) is 2.57. The smallest absolute Gasteiger partial charge is 0.420 e. The molecule has 0 saturated heterocycles. The third-order valence-corrected chi connectivity index (χ3v) is 1.61. The van der Waals surface area contributed by atoms with E-state index in [0.29, 0.717) is 6.07 Å². The molecule has 1 aromatic carbocycles. The Morgan fingerprint density at radius 2 is 1.80 bits per heavy atom. The molecule has 0 saturated carbocycles. The molecule has 1 aromatic rings. The van der Waals surface area contributed by atoms with Crippen molar-refractivity contribution in [1.82, 2.24) is 0 Å². The first kappa shape index (κ1) is 11.3. The van der Waals surface area contributed by atoms with E-state index in [1.807, 2.05) is 0 Å². The summed E-state index contributed by atoms with van der Waals surface area (Å²) in [6.07, 6.45) is -5.00. The van der Waals surface area contributed by atoms with E-state index in [4.69, 9.17) is 10.2 Å². The van der Waals surface area contributed by atoms with Gasteiger partial charge in [-0.1, -0.05) is 0 Å². The maximum atomic E-state index is 12.6. The Labute approximate surface area is 80.6 Å². The Bertz CT molecular complexity index is 411. The molecular formula is C8H4F4O3. The summed E-state index contributed by atoms with van der Waals surface area (Å²) in [7, 11) is 0. The van der Waals surface area contributed by atoms with Crippen LogP contribution >= 0.6 is 0 Å². The molecule has 0 radical (unpaired) electrons. The van der Waals surface area contributed by atoms with Crippen molar-refractivity contribution in [3.8, 4) is 5.75 Å². The van der Waals surface area contributed by atoms with Gasteiger partial charge in [0, 0.05) is 0 Å². The molecule has 7 heteroatoms. The van der Waals surface area contributed by atoms with Crippen LogP contribution < -0.4 is 0 Å². The first-order valence-corrected chi connectivity index (χ1v) is 3.56. The van der Waals surface area contributed by atoms with E-state index in [9.17, 15) is 22.4 Å². The number of hydrogen-bond acceptors (Lipinski definition) is 2. The van der Waals surface area contributed by atoms with Crippen LogP contribution in [0.15, 0.2) is 12.1 Å². The van der Waals surface area contributed by atoms with Gasteiger partial charge in [0.15, 0.2) is 0 Å². The summed E-state index contributed by atoms with van der Waals surface area (Å²) in [6.45, 7) is 0. The predicted molar refractivity (Wildman–Crippen MR) is 40.0 cm³/mol. The van der Waals surface area contributed by atoms with Crippen molar-refractivity contribution in [2.75, 3.05) is 0 Å². The molecule has 0 aromatic heterocycles. The molecule has 0 unspecified atom stereocenters. The van der Waals surface area contributed by atoms with Crippen molar-refractivity contribution in [2.45, 2.75) is 6.18 Å². The average Bonchev–Trinajstić information content (AvgIpc) is 2.06. The molecule has 0 heterocycles. The van der Waals surface area contributed by atoms with Crippen LogP contribution in [0.4, 0.5) is 17.6 Å². The van der Waals surface area contributed by atoms with E-state index >= 15 is 0 Å². The van der Waals surface area contributed by atoms with Gasteiger partial charge in [0.25, 0.3) is 0 Å². The molecule has 1 rings (SSSR count). The van der Waals surface area contributed by atoms with Gasteiger partial charge in [-0.2, -0.15) is 13.2 Å². The number of phenols is 1. The van der Waals surface area contributed by atoms with Crippen LogP contribution in [-0.2, 0) is 6.18 Å². The average molecular weight is 224 g/mol. The van der Waals surface area contributed by atoms with Gasteiger partial charge in [0.2, 0.25) is 0 Å². The first-order chi connectivity index (χ1) is 6.73.